The van der Waals surface area contributed by atoms with Crippen LogP contribution < -0.4 is 20.5 Å². The molecule has 10 heteroatoms. The van der Waals surface area contributed by atoms with Crippen LogP contribution in [0, 0.1) is 5.41 Å². The molecule has 0 unspecified atom stereocenters. The summed E-state index contributed by atoms with van der Waals surface area (Å²) in [4.78, 5) is 10.5. The van der Waals surface area contributed by atoms with Gasteiger partial charge in [-0.05, 0) is 48.0 Å². The normalized spacial score (nSPS) is 10.1. The number of halogens is 3. The third-order valence-corrected chi connectivity index (χ3v) is 5.50. The van der Waals surface area contributed by atoms with Gasteiger partial charge in [-0.2, -0.15) is 0 Å². The number of aromatic hydroxyl groups is 1. The van der Waals surface area contributed by atoms with Crippen molar-refractivity contribution in [2.24, 2.45) is 5.73 Å². The predicted molar refractivity (Wildman–Crippen MR) is 136 cm³/mol. The second-order valence-corrected chi connectivity index (χ2v) is 8.07. The van der Waals surface area contributed by atoms with Crippen molar-refractivity contribution >= 4 is 46.9 Å². The highest BCUT2D eigenvalue weighted by molar-refractivity contribution is 6.42. The Morgan fingerprint density at radius 1 is 1.06 bits per heavy atom. The van der Waals surface area contributed by atoms with Gasteiger partial charge in [0.1, 0.15) is 23.9 Å². The largest absolute Gasteiger partial charge is 0.506 e. The number of nitrogens with two attached hydrogens (primary N) is 1. The molecule has 3 rings (SSSR count). The van der Waals surface area contributed by atoms with Crippen molar-refractivity contribution in [1.82, 2.24) is 5.32 Å². The molecular weight excluding hydrogens is 501 g/mol. The summed E-state index contributed by atoms with van der Waals surface area (Å²) < 4.78 is 10.9. The highest BCUT2D eigenvalue weighted by atomic mass is 35.5. The van der Waals surface area contributed by atoms with Gasteiger partial charge >= 0.3 is 0 Å². The van der Waals surface area contributed by atoms with E-state index in [-0.39, 0.29) is 16.3 Å². The van der Waals surface area contributed by atoms with Gasteiger partial charge in [0.2, 0.25) is 5.91 Å². The lowest BCUT2D eigenvalue weighted by Crippen LogP contribution is -2.20. The Labute approximate surface area is 212 Å². The summed E-state index contributed by atoms with van der Waals surface area (Å²) in [6.07, 6.45) is 1.25. The first-order valence-corrected chi connectivity index (χ1v) is 11.1. The maximum atomic E-state index is 10.5. The van der Waals surface area contributed by atoms with Crippen molar-refractivity contribution in [2.45, 2.75) is 6.54 Å². The van der Waals surface area contributed by atoms with Gasteiger partial charge in [0.05, 0.1) is 22.2 Å². The number of nitrogens with one attached hydrogen (secondary N) is 2. The Balaban J connectivity index is 0.000000310. The molecule has 0 spiro atoms. The standard InChI is InChI=1S/C17H18Cl2N2O2.C7H6ClNO2/c1-22-17-9-14(4-3-13(17)10-20)23-7-6-21-11-12-2-5-15(18)16(19)8-12;8-5-3-4(7(9)11)1-2-6(5)10/h2-5,8-10,20-21H,6-7,11H2,1H3;1-3,10H,(H2,9,11). The fourth-order valence-corrected chi connectivity index (χ4v) is 3.19. The van der Waals surface area contributed by atoms with Crippen LogP contribution in [-0.2, 0) is 6.54 Å². The minimum absolute atomic E-state index is 0.0586. The van der Waals surface area contributed by atoms with Crippen LogP contribution in [-0.4, -0.2) is 37.5 Å². The minimum atomic E-state index is -0.563. The van der Waals surface area contributed by atoms with E-state index >= 15 is 0 Å². The number of benzene rings is 3. The molecule has 7 nitrogen and oxygen atoms in total. The number of rotatable bonds is 9. The van der Waals surface area contributed by atoms with Crippen LogP contribution in [0.4, 0.5) is 0 Å². The topological polar surface area (TPSA) is 118 Å². The summed E-state index contributed by atoms with van der Waals surface area (Å²) in [7, 11) is 1.57. The van der Waals surface area contributed by atoms with Gasteiger partial charge in [-0.1, -0.05) is 40.9 Å². The Morgan fingerprint density at radius 2 is 1.82 bits per heavy atom. The quantitative estimate of drug-likeness (QED) is 0.223. The third kappa shape index (κ3) is 8.43. The molecule has 0 saturated carbocycles. The molecule has 5 N–H and O–H groups in total. The SMILES string of the molecule is COc1cc(OCCNCc2ccc(Cl)c(Cl)c2)ccc1C=N.NC(=O)c1ccc(O)c(Cl)c1. The van der Waals surface area contributed by atoms with E-state index in [4.69, 9.17) is 60.5 Å². The smallest absolute Gasteiger partial charge is 0.248 e. The monoisotopic (exact) mass is 523 g/mol. The number of amides is 1. The number of methoxy groups -OCH3 is 1. The molecule has 1 amide bonds. The minimum Gasteiger partial charge on any atom is -0.506 e. The molecule has 0 fully saturated rings. The second-order valence-electron chi connectivity index (χ2n) is 6.85. The maximum Gasteiger partial charge on any atom is 0.248 e. The van der Waals surface area contributed by atoms with Crippen LogP contribution in [0.3, 0.4) is 0 Å². The number of ether oxygens (including phenoxy) is 2. The van der Waals surface area contributed by atoms with E-state index in [1.807, 2.05) is 18.2 Å². The summed E-state index contributed by atoms with van der Waals surface area (Å²) in [5.74, 6) is 0.716. The van der Waals surface area contributed by atoms with Crippen LogP contribution >= 0.6 is 34.8 Å². The molecule has 34 heavy (non-hydrogen) atoms. The van der Waals surface area contributed by atoms with E-state index < -0.39 is 5.91 Å². The second kappa shape index (κ2) is 13.7. The van der Waals surface area contributed by atoms with Crippen molar-refractivity contribution in [3.05, 3.63) is 86.4 Å². The fourth-order valence-electron chi connectivity index (χ4n) is 2.68. The van der Waals surface area contributed by atoms with E-state index in [0.717, 1.165) is 11.1 Å². The van der Waals surface area contributed by atoms with Gasteiger partial charge in [0, 0.05) is 36.5 Å². The fraction of sp³-hybridized carbons (Fsp3) is 0.167. The van der Waals surface area contributed by atoms with E-state index in [2.05, 4.69) is 5.32 Å². The van der Waals surface area contributed by atoms with Gasteiger partial charge < -0.3 is 31.0 Å². The lowest BCUT2D eigenvalue weighted by Gasteiger charge is -2.10. The Bertz CT molecular complexity index is 1140. The van der Waals surface area contributed by atoms with Crippen molar-refractivity contribution in [3.63, 3.8) is 0 Å². The first-order valence-electron chi connectivity index (χ1n) is 9.99. The summed E-state index contributed by atoms with van der Waals surface area (Å²) in [6.45, 7) is 1.90. The zero-order valence-electron chi connectivity index (χ0n) is 18.3. The van der Waals surface area contributed by atoms with Gasteiger partial charge in [-0.15, -0.1) is 0 Å². The van der Waals surface area contributed by atoms with Crippen LogP contribution in [0.25, 0.3) is 0 Å². The van der Waals surface area contributed by atoms with Crippen LogP contribution in [0.1, 0.15) is 21.5 Å². The first kappa shape index (κ1) is 27.3. The van der Waals surface area contributed by atoms with Crippen molar-refractivity contribution < 1.29 is 19.4 Å². The summed E-state index contributed by atoms with van der Waals surface area (Å²) in [5.41, 5.74) is 7.02. The molecule has 0 heterocycles. The number of hydrogen-bond acceptors (Lipinski definition) is 6. The average Bonchev–Trinajstić information content (AvgIpc) is 2.83. The summed E-state index contributed by atoms with van der Waals surface area (Å²) in [6, 6.07) is 15.0. The van der Waals surface area contributed by atoms with Crippen molar-refractivity contribution in [3.8, 4) is 17.2 Å². The van der Waals surface area contributed by atoms with Crippen LogP contribution in [0.2, 0.25) is 15.1 Å². The van der Waals surface area contributed by atoms with Gasteiger partial charge in [-0.25, -0.2) is 0 Å². The lowest BCUT2D eigenvalue weighted by atomic mass is 10.2. The Kier molecular flexibility index (Phi) is 11.0. The Hall–Kier alpha value is -2.97. The average molecular weight is 525 g/mol. The predicted octanol–water partition coefficient (Wildman–Crippen LogP) is 5.31. The number of hydrogen-bond donors (Lipinski definition) is 4. The van der Waals surface area contributed by atoms with E-state index in [1.54, 1.807) is 25.3 Å². The van der Waals surface area contributed by atoms with E-state index in [1.165, 1.54) is 24.4 Å². The number of phenolic OH excluding ortho intramolecular Hbond substituents is 1. The van der Waals surface area contributed by atoms with Crippen LogP contribution in [0.5, 0.6) is 17.2 Å². The first-order chi connectivity index (χ1) is 16.2. The Morgan fingerprint density at radius 3 is 2.44 bits per heavy atom. The van der Waals surface area contributed by atoms with Gasteiger partial charge in [0.15, 0.2) is 0 Å². The molecule has 0 saturated heterocycles. The molecule has 0 aliphatic rings. The van der Waals surface area contributed by atoms with Gasteiger partial charge in [0.25, 0.3) is 0 Å². The molecular formula is C24H24Cl3N3O4. The zero-order chi connectivity index (χ0) is 25.1. The lowest BCUT2D eigenvalue weighted by molar-refractivity contribution is 0.100. The molecule has 0 bridgehead atoms. The molecule has 3 aromatic rings. The zero-order valence-corrected chi connectivity index (χ0v) is 20.5. The van der Waals surface area contributed by atoms with Crippen LogP contribution in [0.15, 0.2) is 54.6 Å². The molecule has 0 aliphatic heterocycles. The van der Waals surface area contributed by atoms with Crippen molar-refractivity contribution in [2.75, 3.05) is 20.3 Å². The van der Waals surface area contributed by atoms with Crippen molar-refractivity contribution in [1.29, 1.82) is 5.41 Å². The number of carbonyl (C=O) groups excluding carboxylic acids is 1. The number of phenols is 1. The molecule has 0 atom stereocenters. The van der Waals surface area contributed by atoms with E-state index in [9.17, 15) is 4.79 Å². The highest BCUT2D eigenvalue weighted by Crippen LogP contribution is 2.24. The molecule has 180 valence electrons. The van der Waals surface area contributed by atoms with E-state index in [0.29, 0.717) is 41.2 Å². The molecule has 0 aromatic heterocycles. The summed E-state index contributed by atoms with van der Waals surface area (Å²) >= 11 is 17.4. The maximum absolute atomic E-state index is 10.5. The summed E-state index contributed by atoms with van der Waals surface area (Å²) in [5, 5.41) is 20.7. The van der Waals surface area contributed by atoms with Gasteiger partial charge in [-0.3, -0.25) is 4.79 Å². The highest BCUT2D eigenvalue weighted by Gasteiger charge is 2.04. The molecule has 3 aromatic carbocycles. The third-order valence-electron chi connectivity index (χ3n) is 4.45. The number of carbonyl (C=O) groups is 1. The molecule has 0 aliphatic carbocycles. The number of primary amides is 1. The molecule has 0 radical (unpaired) electrons.